The quantitative estimate of drug-likeness (QED) is 0.781. The van der Waals surface area contributed by atoms with Crippen LogP contribution in [0.15, 0.2) is 28.0 Å². The summed E-state index contributed by atoms with van der Waals surface area (Å²) in [5.74, 6) is 0. The lowest BCUT2D eigenvalue weighted by molar-refractivity contribution is 0.466. The van der Waals surface area contributed by atoms with E-state index in [1.165, 1.54) is 6.07 Å². The van der Waals surface area contributed by atoms with Crippen LogP contribution in [-0.4, -0.2) is 25.9 Å². The van der Waals surface area contributed by atoms with Crippen LogP contribution in [0.2, 0.25) is 0 Å². The van der Waals surface area contributed by atoms with Crippen LogP contribution < -0.4 is 0 Å². The van der Waals surface area contributed by atoms with Crippen molar-refractivity contribution >= 4 is 31.0 Å². The summed E-state index contributed by atoms with van der Waals surface area (Å²) in [6.45, 7) is 5.42. The molecule has 0 unspecified atom stereocenters. The molecule has 0 bridgehead atoms. The van der Waals surface area contributed by atoms with Gasteiger partial charge in [-0.25, -0.2) is 0 Å². The van der Waals surface area contributed by atoms with Gasteiger partial charge >= 0.3 is 0 Å². The first kappa shape index (κ1) is 18.9. The van der Waals surface area contributed by atoms with E-state index in [9.17, 15) is 25.9 Å². The maximum Gasteiger partial charge on any atom is 0.296 e. The number of benzene rings is 2. The summed E-state index contributed by atoms with van der Waals surface area (Å²) in [5, 5.41) is 0.734. The standard InChI is InChI=1S/C16H20O6S2/c1-4-10-8-7-9-13-14(10)11(5-2)12(6-3)15(23(17,18)19)16(13)24(20,21)22/h7-9H,4-6H2,1-3H3,(H,17,18,19)(H,20,21,22). The minimum absolute atomic E-state index is 0.110. The Balaban J connectivity index is 3.34. The lowest BCUT2D eigenvalue weighted by Gasteiger charge is -2.20. The number of fused-ring (bicyclic) bond motifs is 1. The molecule has 8 heteroatoms. The summed E-state index contributed by atoms with van der Waals surface area (Å²) < 4.78 is 67.1. The van der Waals surface area contributed by atoms with E-state index in [4.69, 9.17) is 0 Å². The lowest BCUT2D eigenvalue weighted by atomic mass is 9.91. The van der Waals surface area contributed by atoms with Crippen LogP contribution >= 0.6 is 0 Å². The summed E-state index contributed by atoms with van der Waals surface area (Å²) in [5.41, 5.74) is 1.75. The van der Waals surface area contributed by atoms with Crippen molar-refractivity contribution < 1.29 is 25.9 Å². The van der Waals surface area contributed by atoms with Crippen molar-refractivity contribution in [2.45, 2.75) is 49.8 Å². The van der Waals surface area contributed by atoms with E-state index < -0.39 is 30.0 Å². The molecule has 0 saturated heterocycles. The molecule has 0 aromatic heterocycles. The summed E-state index contributed by atoms with van der Waals surface area (Å²) in [6.07, 6.45) is 1.28. The van der Waals surface area contributed by atoms with Gasteiger partial charge in [-0.1, -0.05) is 39.0 Å². The topological polar surface area (TPSA) is 109 Å². The number of hydrogen-bond acceptors (Lipinski definition) is 4. The lowest BCUT2D eigenvalue weighted by Crippen LogP contribution is -2.15. The van der Waals surface area contributed by atoms with Gasteiger partial charge in [0.1, 0.15) is 9.79 Å². The Morgan fingerprint density at radius 3 is 1.75 bits per heavy atom. The second kappa shape index (κ2) is 6.44. The molecule has 0 radical (unpaired) electrons. The highest BCUT2D eigenvalue weighted by Gasteiger charge is 2.32. The average molecular weight is 372 g/mol. The van der Waals surface area contributed by atoms with Crippen molar-refractivity contribution in [3.8, 4) is 0 Å². The van der Waals surface area contributed by atoms with Crippen molar-refractivity contribution in [2.24, 2.45) is 0 Å². The predicted molar refractivity (Wildman–Crippen MR) is 91.7 cm³/mol. The van der Waals surface area contributed by atoms with E-state index >= 15 is 0 Å². The van der Waals surface area contributed by atoms with Crippen molar-refractivity contribution in [1.82, 2.24) is 0 Å². The first-order chi connectivity index (χ1) is 11.1. The highest BCUT2D eigenvalue weighted by Crippen LogP contribution is 2.38. The maximum absolute atomic E-state index is 12.0. The molecular formula is C16H20O6S2. The average Bonchev–Trinajstić information content (AvgIpc) is 2.49. The molecule has 2 aromatic rings. The molecule has 6 nitrogen and oxygen atoms in total. The highest BCUT2D eigenvalue weighted by molar-refractivity contribution is 7.89. The zero-order chi connectivity index (χ0) is 18.3. The fourth-order valence-corrected chi connectivity index (χ4v) is 5.64. The molecule has 0 fully saturated rings. The molecule has 0 atom stereocenters. The van der Waals surface area contributed by atoms with Gasteiger partial charge in [-0.3, -0.25) is 9.11 Å². The molecule has 0 aliphatic heterocycles. The molecule has 0 amide bonds. The molecule has 0 saturated carbocycles. The number of aryl methyl sites for hydroxylation is 2. The van der Waals surface area contributed by atoms with E-state index in [1.807, 2.05) is 19.9 Å². The van der Waals surface area contributed by atoms with Crippen LogP contribution in [0.4, 0.5) is 0 Å². The number of rotatable bonds is 5. The van der Waals surface area contributed by atoms with E-state index in [2.05, 4.69) is 0 Å². The second-order valence-corrected chi connectivity index (χ2v) is 8.18. The molecular weight excluding hydrogens is 352 g/mol. The van der Waals surface area contributed by atoms with Gasteiger partial charge in [0.2, 0.25) is 0 Å². The van der Waals surface area contributed by atoms with Crippen molar-refractivity contribution in [3.63, 3.8) is 0 Å². The molecule has 0 heterocycles. The molecule has 2 aromatic carbocycles. The normalized spacial score (nSPS) is 12.7. The van der Waals surface area contributed by atoms with Crippen molar-refractivity contribution in [2.75, 3.05) is 0 Å². The smallest absolute Gasteiger partial charge is 0.282 e. The second-order valence-electron chi connectivity index (χ2n) is 5.47. The first-order valence-corrected chi connectivity index (χ1v) is 10.5. The highest BCUT2D eigenvalue weighted by atomic mass is 32.2. The Labute approximate surface area is 142 Å². The van der Waals surface area contributed by atoms with Crippen LogP contribution in [0.3, 0.4) is 0 Å². The van der Waals surface area contributed by atoms with Crippen molar-refractivity contribution in [1.29, 1.82) is 0 Å². The summed E-state index contributed by atoms with van der Waals surface area (Å²) in [7, 11) is -9.71. The van der Waals surface area contributed by atoms with Crippen LogP contribution in [-0.2, 0) is 39.5 Å². The minimum atomic E-state index is -4.86. The monoisotopic (exact) mass is 372 g/mol. The van der Waals surface area contributed by atoms with E-state index in [-0.39, 0.29) is 17.4 Å². The Morgan fingerprint density at radius 1 is 0.792 bits per heavy atom. The van der Waals surface area contributed by atoms with Gasteiger partial charge in [0.25, 0.3) is 20.2 Å². The maximum atomic E-state index is 12.0. The third-order valence-electron chi connectivity index (χ3n) is 4.15. The van der Waals surface area contributed by atoms with Gasteiger partial charge in [-0.05, 0) is 41.3 Å². The minimum Gasteiger partial charge on any atom is -0.282 e. The van der Waals surface area contributed by atoms with Gasteiger partial charge < -0.3 is 0 Å². The molecule has 0 spiro atoms. The Kier molecular flexibility index (Phi) is 5.06. The van der Waals surface area contributed by atoms with Gasteiger partial charge in [0.05, 0.1) is 0 Å². The third kappa shape index (κ3) is 3.06. The SMILES string of the molecule is CCc1c(S(=O)(=O)O)c(S(=O)(=O)O)c2cccc(CC)c2c1CC. The van der Waals surface area contributed by atoms with Crippen LogP contribution in [0.25, 0.3) is 10.8 Å². The van der Waals surface area contributed by atoms with E-state index in [0.29, 0.717) is 23.8 Å². The zero-order valence-corrected chi connectivity index (χ0v) is 15.3. The Hall–Kier alpha value is -1.48. The Morgan fingerprint density at radius 2 is 1.33 bits per heavy atom. The van der Waals surface area contributed by atoms with Gasteiger partial charge in [-0.15, -0.1) is 0 Å². The molecule has 0 aliphatic rings. The fourth-order valence-electron chi connectivity index (χ4n) is 3.28. The van der Waals surface area contributed by atoms with E-state index in [1.54, 1.807) is 13.0 Å². The van der Waals surface area contributed by atoms with Crippen LogP contribution in [0, 0.1) is 0 Å². The number of hydrogen-bond donors (Lipinski definition) is 2. The zero-order valence-electron chi connectivity index (χ0n) is 13.7. The molecule has 2 rings (SSSR count). The first-order valence-electron chi connectivity index (χ1n) is 7.62. The third-order valence-corrected chi connectivity index (χ3v) is 6.18. The molecule has 2 N–H and O–H groups in total. The van der Waals surface area contributed by atoms with E-state index in [0.717, 1.165) is 5.56 Å². The largest absolute Gasteiger partial charge is 0.296 e. The summed E-state index contributed by atoms with van der Waals surface area (Å²) in [6, 6.07) is 4.89. The van der Waals surface area contributed by atoms with Crippen molar-refractivity contribution in [3.05, 3.63) is 34.9 Å². The van der Waals surface area contributed by atoms with Gasteiger partial charge in [0.15, 0.2) is 0 Å². The molecule has 24 heavy (non-hydrogen) atoms. The van der Waals surface area contributed by atoms with Gasteiger partial charge in [-0.2, -0.15) is 16.8 Å². The summed E-state index contributed by atoms with van der Waals surface area (Å²) >= 11 is 0. The predicted octanol–water partition coefficient (Wildman–Crippen LogP) is 3.02. The molecule has 0 aliphatic carbocycles. The molecule has 132 valence electrons. The van der Waals surface area contributed by atoms with Gasteiger partial charge in [0, 0.05) is 5.39 Å². The Bertz CT molecular complexity index is 1000. The van der Waals surface area contributed by atoms with Crippen LogP contribution in [0.5, 0.6) is 0 Å². The fraction of sp³-hybridized carbons (Fsp3) is 0.375. The van der Waals surface area contributed by atoms with Crippen LogP contribution in [0.1, 0.15) is 37.5 Å². The summed E-state index contributed by atoms with van der Waals surface area (Å²) in [4.78, 5) is -1.46.